The molecule has 0 spiro atoms. The Labute approximate surface area is 227 Å². The van der Waals surface area contributed by atoms with Crippen LogP contribution in [0.1, 0.15) is 75.1 Å². The van der Waals surface area contributed by atoms with E-state index in [0.717, 1.165) is 56.9 Å². The monoisotopic (exact) mass is 520 g/mol. The molecule has 2 aromatic carbocycles. The maximum atomic E-state index is 9.33. The van der Waals surface area contributed by atoms with Gasteiger partial charge in [-0.3, -0.25) is 9.80 Å². The summed E-state index contributed by atoms with van der Waals surface area (Å²) in [7, 11) is 0. The van der Waals surface area contributed by atoms with Crippen molar-refractivity contribution in [1.82, 2.24) is 9.80 Å². The number of rotatable bonds is 8. The highest BCUT2D eigenvalue weighted by Gasteiger charge is 2.69. The molecule has 2 unspecified atom stereocenters. The molecular weight excluding hydrogens is 476 g/mol. The van der Waals surface area contributed by atoms with Crippen molar-refractivity contribution in [2.45, 2.75) is 71.4 Å². The van der Waals surface area contributed by atoms with Crippen LogP contribution in [0.2, 0.25) is 0 Å². The number of benzene rings is 2. The van der Waals surface area contributed by atoms with Crippen LogP contribution in [0, 0.1) is 16.7 Å². The number of ether oxygens (including phenoxy) is 2. The smallest absolute Gasteiger partial charge is 0.142 e. The lowest BCUT2D eigenvalue weighted by molar-refractivity contribution is 0.0847. The highest BCUT2D eigenvalue weighted by Crippen LogP contribution is 2.75. The van der Waals surface area contributed by atoms with Crippen molar-refractivity contribution in [3.63, 3.8) is 0 Å². The third-order valence-electron chi connectivity index (χ3n) is 10.9. The Morgan fingerprint density at radius 2 is 1.34 bits per heavy atom. The molecule has 0 saturated heterocycles. The molecule has 6 heteroatoms. The lowest BCUT2D eigenvalue weighted by Gasteiger charge is -2.50. The zero-order valence-corrected chi connectivity index (χ0v) is 23.3. The van der Waals surface area contributed by atoms with Gasteiger partial charge in [0.25, 0.3) is 0 Å². The summed E-state index contributed by atoms with van der Waals surface area (Å²) >= 11 is 0. The first-order chi connectivity index (χ1) is 18.3. The van der Waals surface area contributed by atoms with Crippen molar-refractivity contribution >= 4 is 0 Å². The van der Waals surface area contributed by atoms with E-state index in [1.54, 1.807) is 0 Å². The lowest BCUT2D eigenvalue weighted by atomic mass is 9.53. The second-order valence-corrected chi connectivity index (χ2v) is 12.9. The molecular formula is C32H44N2O4. The molecule has 2 N–H and O–H groups in total. The second kappa shape index (κ2) is 9.81. The fourth-order valence-corrected chi connectivity index (χ4v) is 8.34. The number of hydrogen-bond donors (Lipinski definition) is 2. The van der Waals surface area contributed by atoms with E-state index in [1.807, 2.05) is 0 Å². The van der Waals surface area contributed by atoms with Gasteiger partial charge >= 0.3 is 0 Å². The molecule has 2 heterocycles. The van der Waals surface area contributed by atoms with Gasteiger partial charge in [-0.25, -0.2) is 0 Å². The van der Waals surface area contributed by atoms with Crippen molar-refractivity contribution in [1.29, 1.82) is 0 Å². The molecule has 2 saturated carbocycles. The quantitative estimate of drug-likeness (QED) is 0.517. The lowest BCUT2D eigenvalue weighted by Crippen LogP contribution is -2.46. The van der Waals surface area contributed by atoms with Crippen LogP contribution in [0.25, 0.3) is 0 Å². The van der Waals surface area contributed by atoms with Crippen LogP contribution in [0.3, 0.4) is 0 Å². The van der Waals surface area contributed by atoms with Gasteiger partial charge in [0.1, 0.15) is 25.0 Å². The van der Waals surface area contributed by atoms with E-state index in [2.05, 4.69) is 67.0 Å². The van der Waals surface area contributed by atoms with Gasteiger partial charge in [0, 0.05) is 55.9 Å². The molecule has 6 nitrogen and oxygen atoms in total. The predicted octanol–water partition coefficient (Wildman–Crippen LogP) is 4.89. The van der Waals surface area contributed by atoms with Crippen LogP contribution >= 0.6 is 0 Å². The standard InChI is InChI=1S/C32H44N2O4/c1-30(2)27-10-11-31(30,3)32(18-27,25-6-8-28-23(16-25)19-33(21-37-28)12-4-14-35)26-7-9-29-24(17-26)20-34(22-38-29)13-5-15-36/h6-9,16-17,27,35-36H,4-5,10-15,18-22H2,1-3H3. The average molecular weight is 521 g/mol. The van der Waals surface area contributed by atoms with E-state index < -0.39 is 0 Å². The molecule has 2 fully saturated rings. The summed E-state index contributed by atoms with van der Waals surface area (Å²) in [6, 6.07) is 14.0. The summed E-state index contributed by atoms with van der Waals surface area (Å²) < 4.78 is 12.3. The van der Waals surface area contributed by atoms with Crippen molar-refractivity contribution in [2.24, 2.45) is 16.7 Å². The number of hydrogen-bond acceptors (Lipinski definition) is 6. The summed E-state index contributed by atoms with van der Waals surface area (Å²) in [4.78, 5) is 4.58. The zero-order chi connectivity index (χ0) is 26.5. The van der Waals surface area contributed by atoms with E-state index >= 15 is 0 Å². The van der Waals surface area contributed by atoms with Crippen molar-refractivity contribution in [3.05, 3.63) is 58.7 Å². The molecule has 38 heavy (non-hydrogen) atoms. The molecule has 2 bridgehead atoms. The van der Waals surface area contributed by atoms with E-state index in [0.29, 0.717) is 19.4 Å². The van der Waals surface area contributed by atoms with Crippen LogP contribution in [0.5, 0.6) is 11.5 Å². The Morgan fingerprint density at radius 3 is 1.76 bits per heavy atom. The maximum absolute atomic E-state index is 9.33. The van der Waals surface area contributed by atoms with Crippen LogP contribution < -0.4 is 9.47 Å². The van der Waals surface area contributed by atoms with E-state index in [1.165, 1.54) is 35.1 Å². The molecule has 2 aliphatic heterocycles. The number of nitrogens with zero attached hydrogens (tertiary/aromatic N) is 2. The van der Waals surface area contributed by atoms with Crippen LogP contribution in [0.4, 0.5) is 0 Å². The minimum absolute atomic E-state index is 0.0791. The molecule has 0 radical (unpaired) electrons. The predicted molar refractivity (Wildman–Crippen MR) is 148 cm³/mol. The maximum Gasteiger partial charge on any atom is 0.142 e. The summed E-state index contributed by atoms with van der Waals surface area (Å²) in [5.41, 5.74) is 5.63. The summed E-state index contributed by atoms with van der Waals surface area (Å²) in [5, 5.41) is 18.7. The van der Waals surface area contributed by atoms with Crippen molar-refractivity contribution in [2.75, 3.05) is 39.8 Å². The Kier molecular flexibility index (Phi) is 6.74. The third-order valence-corrected chi connectivity index (χ3v) is 10.9. The van der Waals surface area contributed by atoms with Crippen LogP contribution in [0.15, 0.2) is 36.4 Å². The summed E-state index contributed by atoms with van der Waals surface area (Å²) in [5.74, 6) is 2.68. The Balaban J connectivity index is 1.43. The van der Waals surface area contributed by atoms with Crippen molar-refractivity contribution < 1.29 is 19.7 Å². The number of aliphatic hydroxyl groups excluding tert-OH is 2. The highest BCUT2D eigenvalue weighted by atomic mass is 16.5. The first-order valence-corrected chi connectivity index (χ1v) is 14.5. The zero-order valence-electron chi connectivity index (χ0n) is 23.3. The number of fused-ring (bicyclic) bond motifs is 4. The third kappa shape index (κ3) is 3.90. The van der Waals surface area contributed by atoms with Gasteiger partial charge in [-0.1, -0.05) is 32.9 Å². The normalized spacial score (nSPS) is 27.4. The Morgan fingerprint density at radius 1 is 0.816 bits per heavy atom. The first-order valence-electron chi connectivity index (χ1n) is 14.5. The van der Waals surface area contributed by atoms with Crippen molar-refractivity contribution in [3.8, 4) is 11.5 Å². The Hall–Kier alpha value is -2.12. The minimum atomic E-state index is -0.0791. The fourth-order valence-electron chi connectivity index (χ4n) is 8.34. The largest absolute Gasteiger partial charge is 0.478 e. The molecule has 0 amide bonds. The topological polar surface area (TPSA) is 65.4 Å². The molecule has 4 aliphatic rings. The van der Waals surface area contributed by atoms with E-state index in [9.17, 15) is 10.2 Å². The average Bonchev–Trinajstić information content (AvgIpc) is 3.26. The van der Waals surface area contributed by atoms with Gasteiger partial charge in [0.15, 0.2) is 0 Å². The summed E-state index contributed by atoms with van der Waals surface area (Å²) in [6.07, 6.45) is 5.23. The van der Waals surface area contributed by atoms with Gasteiger partial charge in [-0.2, -0.15) is 0 Å². The molecule has 6 rings (SSSR count). The number of aliphatic hydroxyl groups is 2. The minimum Gasteiger partial charge on any atom is -0.478 e. The van der Waals surface area contributed by atoms with Gasteiger partial charge in [-0.05, 0) is 84.2 Å². The molecule has 0 aromatic heterocycles. The van der Waals surface area contributed by atoms with Gasteiger partial charge in [-0.15, -0.1) is 0 Å². The highest BCUT2D eigenvalue weighted by molar-refractivity contribution is 5.53. The van der Waals surface area contributed by atoms with Crippen LogP contribution in [-0.4, -0.2) is 59.8 Å². The summed E-state index contributed by atoms with van der Waals surface area (Å²) in [6.45, 7) is 12.6. The van der Waals surface area contributed by atoms with Crippen LogP contribution in [-0.2, 0) is 18.5 Å². The molecule has 206 valence electrons. The fraction of sp³-hybridized carbons (Fsp3) is 0.625. The van der Waals surface area contributed by atoms with Gasteiger partial charge in [0.05, 0.1) is 0 Å². The first kappa shape index (κ1) is 26.1. The van der Waals surface area contributed by atoms with E-state index in [4.69, 9.17) is 9.47 Å². The Bertz CT molecular complexity index is 1110. The second-order valence-electron chi connectivity index (χ2n) is 12.9. The molecule has 2 aliphatic carbocycles. The van der Waals surface area contributed by atoms with Gasteiger partial charge < -0.3 is 19.7 Å². The molecule has 2 atom stereocenters. The van der Waals surface area contributed by atoms with E-state index in [-0.39, 0.29) is 29.5 Å². The SMILES string of the molecule is CC1(C)C2CCC1(C)C(c1ccc3c(c1)CN(CCCO)CO3)(c1ccc3c(c1)CN(CCCO)CO3)C2. The van der Waals surface area contributed by atoms with Gasteiger partial charge in [0.2, 0.25) is 0 Å². The molecule has 2 aromatic rings.